The topological polar surface area (TPSA) is 66.9 Å². The van der Waals surface area contributed by atoms with E-state index in [9.17, 15) is 14.4 Å². The van der Waals surface area contributed by atoms with E-state index in [0.29, 0.717) is 36.5 Å². The van der Waals surface area contributed by atoms with Crippen LogP contribution in [0, 0.1) is 50.7 Å². The van der Waals surface area contributed by atoms with Crippen LogP contribution in [0.15, 0.2) is 11.1 Å². The first kappa shape index (κ1) is 32.4. The second kappa shape index (κ2) is 10.8. The van der Waals surface area contributed by atoms with Crippen LogP contribution in [0.2, 0.25) is 0 Å². The van der Waals surface area contributed by atoms with Crippen molar-refractivity contribution in [2.45, 2.75) is 119 Å². The van der Waals surface area contributed by atoms with Gasteiger partial charge in [0.15, 0.2) is 11.6 Å². The molecule has 0 spiro atoms. The van der Waals surface area contributed by atoms with Crippen molar-refractivity contribution in [3.63, 3.8) is 0 Å². The van der Waals surface area contributed by atoms with Crippen LogP contribution in [0.25, 0.3) is 0 Å². The number of carbonyl (C=O) groups is 3. The molecule has 0 radical (unpaired) electrons. The minimum atomic E-state index is -0.599. The van der Waals surface area contributed by atoms with E-state index in [4.69, 9.17) is 4.74 Å². The lowest BCUT2D eigenvalue weighted by atomic mass is 9.33. The Morgan fingerprint density at radius 1 is 0.864 bits per heavy atom. The van der Waals surface area contributed by atoms with E-state index in [1.54, 1.807) is 6.92 Å². The van der Waals surface area contributed by atoms with Crippen LogP contribution >= 0.6 is 0 Å². The number of hydrogen-bond acceptors (Lipinski definition) is 6. The maximum atomic E-state index is 14.5. The third-order valence-electron chi connectivity index (χ3n) is 15.2. The fourth-order valence-electron chi connectivity index (χ4n) is 12.7. The van der Waals surface area contributed by atoms with Gasteiger partial charge in [0, 0.05) is 44.9 Å². The lowest BCUT2D eigenvalue weighted by molar-refractivity contribution is -0.232. The third kappa shape index (κ3) is 4.49. The SMILES string of the molecule is CC(=O)O[C@H]1CC[C@@]2(C)C(CC[C@]3(C)[C@@H]2CC[C@@H]2C4=C(C(C)C)C(=O)C[C@]4(C(=O)CN4CCN(C)CC4)CC[C@]23C)C1(C)C. The molecule has 6 nitrogen and oxygen atoms in total. The van der Waals surface area contributed by atoms with Crippen LogP contribution in [0.4, 0.5) is 0 Å². The number of esters is 1. The van der Waals surface area contributed by atoms with Crippen LogP contribution in [-0.4, -0.2) is 73.2 Å². The number of nitrogens with zero attached hydrogens (tertiary/aromatic N) is 2. The van der Waals surface area contributed by atoms with E-state index >= 15 is 0 Å². The van der Waals surface area contributed by atoms with Crippen molar-refractivity contribution in [3.05, 3.63) is 11.1 Å². The highest BCUT2D eigenvalue weighted by Gasteiger charge is 2.71. The molecule has 6 rings (SSSR count). The van der Waals surface area contributed by atoms with Crippen molar-refractivity contribution in [2.75, 3.05) is 39.8 Å². The molecule has 0 aromatic heterocycles. The summed E-state index contributed by atoms with van der Waals surface area (Å²) in [5.74, 6) is 1.95. The summed E-state index contributed by atoms with van der Waals surface area (Å²) in [6.07, 6.45) is 8.84. The van der Waals surface area contributed by atoms with Gasteiger partial charge in [-0.15, -0.1) is 0 Å². The molecule has 0 N–H and O–H groups in total. The van der Waals surface area contributed by atoms with Crippen LogP contribution in [-0.2, 0) is 19.1 Å². The van der Waals surface area contributed by atoms with Crippen molar-refractivity contribution in [1.29, 1.82) is 0 Å². The third-order valence-corrected chi connectivity index (χ3v) is 15.2. The summed E-state index contributed by atoms with van der Waals surface area (Å²) >= 11 is 0. The predicted molar refractivity (Wildman–Crippen MR) is 174 cm³/mol. The van der Waals surface area contributed by atoms with E-state index in [-0.39, 0.29) is 45.4 Å². The van der Waals surface area contributed by atoms with E-state index < -0.39 is 5.41 Å². The minimum absolute atomic E-state index is 0.0146. The minimum Gasteiger partial charge on any atom is -0.462 e. The van der Waals surface area contributed by atoms with Gasteiger partial charge in [-0.1, -0.05) is 48.5 Å². The molecule has 0 aromatic carbocycles. The molecule has 4 saturated carbocycles. The Balaban J connectivity index is 1.35. The van der Waals surface area contributed by atoms with E-state index in [2.05, 4.69) is 65.3 Å². The highest BCUT2D eigenvalue weighted by Crippen LogP contribution is 2.76. The number of ether oxygens (including phenoxy) is 1. The Morgan fingerprint density at radius 2 is 1.55 bits per heavy atom. The Hall–Kier alpha value is -1.53. The lowest BCUT2D eigenvalue weighted by Gasteiger charge is -2.72. The molecule has 1 aliphatic heterocycles. The maximum Gasteiger partial charge on any atom is 0.302 e. The number of carbonyl (C=O) groups excluding carboxylic acids is 3. The van der Waals surface area contributed by atoms with Gasteiger partial charge in [0.25, 0.3) is 0 Å². The van der Waals surface area contributed by atoms with Gasteiger partial charge in [-0.2, -0.15) is 0 Å². The summed E-state index contributed by atoms with van der Waals surface area (Å²) in [6, 6.07) is 0. The van der Waals surface area contributed by atoms with Gasteiger partial charge in [-0.05, 0) is 109 Å². The van der Waals surface area contributed by atoms with Crippen LogP contribution in [0.3, 0.4) is 0 Å². The zero-order valence-electron chi connectivity index (χ0n) is 29.3. The lowest BCUT2D eigenvalue weighted by Crippen LogP contribution is -2.66. The number of hydrogen-bond donors (Lipinski definition) is 0. The van der Waals surface area contributed by atoms with Crippen molar-refractivity contribution >= 4 is 17.5 Å². The first-order valence-corrected chi connectivity index (χ1v) is 17.9. The van der Waals surface area contributed by atoms with Crippen LogP contribution in [0.5, 0.6) is 0 Å². The molecular formula is C38H60N2O4. The number of piperazine rings is 1. The largest absolute Gasteiger partial charge is 0.462 e. The monoisotopic (exact) mass is 608 g/mol. The number of ketones is 2. The summed E-state index contributed by atoms with van der Waals surface area (Å²) in [4.78, 5) is 45.2. The van der Waals surface area contributed by atoms with E-state index in [0.717, 1.165) is 76.7 Å². The Morgan fingerprint density at radius 3 is 2.18 bits per heavy atom. The molecule has 0 aromatic rings. The highest BCUT2D eigenvalue weighted by atomic mass is 16.5. The van der Waals surface area contributed by atoms with Gasteiger partial charge in [0.2, 0.25) is 0 Å². The summed E-state index contributed by atoms with van der Waals surface area (Å²) in [6.45, 7) is 22.7. The van der Waals surface area contributed by atoms with Gasteiger partial charge < -0.3 is 9.64 Å². The zero-order valence-corrected chi connectivity index (χ0v) is 29.3. The Kier molecular flexibility index (Phi) is 7.92. The summed E-state index contributed by atoms with van der Waals surface area (Å²) in [7, 11) is 2.16. The second-order valence-electron chi connectivity index (χ2n) is 17.7. The first-order chi connectivity index (χ1) is 20.5. The standard InChI is InChI=1S/C38H60N2O4/c1-24(2)32-27(42)22-38(30(43)23-40-20-18-39(9)19-21-40)17-16-36(7)26(33(32)38)10-11-29-35(6)14-13-31(44-25(3)41)34(4,5)28(35)12-15-37(29,36)8/h24,26,28-29,31H,10-23H2,1-9H3/t26-,28?,29-,31+,35+,36-,37-,38+/m1/s1. The van der Waals surface area contributed by atoms with Crippen molar-refractivity contribution in [1.82, 2.24) is 9.80 Å². The molecule has 0 bridgehead atoms. The Labute approximate surface area is 267 Å². The predicted octanol–water partition coefficient (Wildman–Crippen LogP) is 6.72. The average Bonchev–Trinajstić information content (AvgIpc) is 3.25. The number of allylic oxidation sites excluding steroid dienone is 2. The molecule has 8 atom stereocenters. The van der Waals surface area contributed by atoms with E-state index in [1.165, 1.54) is 12.0 Å². The quantitative estimate of drug-likeness (QED) is 0.323. The summed E-state index contributed by atoms with van der Waals surface area (Å²) in [5, 5.41) is 0. The molecule has 44 heavy (non-hydrogen) atoms. The molecule has 1 heterocycles. The fraction of sp³-hybridized carbons (Fsp3) is 0.868. The summed E-state index contributed by atoms with van der Waals surface area (Å²) in [5.41, 5.74) is 2.03. The molecule has 0 amide bonds. The number of rotatable bonds is 5. The van der Waals surface area contributed by atoms with Crippen molar-refractivity contribution in [3.8, 4) is 0 Å². The Bertz CT molecular complexity index is 1250. The van der Waals surface area contributed by atoms with Gasteiger partial charge in [-0.25, -0.2) is 0 Å². The van der Waals surface area contributed by atoms with Gasteiger partial charge >= 0.3 is 5.97 Å². The number of fused-ring (bicyclic) bond motifs is 7. The van der Waals surface area contributed by atoms with Crippen molar-refractivity contribution in [2.24, 2.45) is 50.7 Å². The maximum absolute atomic E-state index is 14.5. The first-order valence-electron chi connectivity index (χ1n) is 17.9. The number of likely N-dealkylation sites (N-methyl/N-ethyl adjacent to an activating group) is 1. The van der Waals surface area contributed by atoms with Crippen LogP contribution < -0.4 is 0 Å². The van der Waals surface area contributed by atoms with Crippen LogP contribution in [0.1, 0.15) is 113 Å². The smallest absolute Gasteiger partial charge is 0.302 e. The van der Waals surface area contributed by atoms with Gasteiger partial charge in [0.1, 0.15) is 6.10 Å². The summed E-state index contributed by atoms with van der Waals surface area (Å²) < 4.78 is 5.94. The molecule has 1 saturated heterocycles. The van der Waals surface area contributed by atoms with E-state index in [1.807, 2.05) is 0 Å². The van der Waals surface area contributed by atoms with Gasteiger partial charge in [0.05, 0.1) is 12.0 Å². The zero-order chi connectivity index (χ0) is 32.0. The molecule has 246 valence electrons. The number of Topliss-reactive ketones (excluding diaryl/α,β-unsaturated/α-hetero) is 2. The van der Waals surface area contributed by atoms with Gasteiger partial charge in [-0.3, -0.25) is 19.3 Å². The highest BCUT2D eigenvalue weighted by molar-refractivity contribution is 6.07. The fourth-order valence-corrected chi connectivity index (χ4v) is 12.7. The molecule has 5 fully saturated rings. The second-order valence-corrected chi connectivity index (χ2v) is 17.7. The molecule has 1 unspecified atom stereocenters. The molecule has 6 heteroatoms. The van der Waals surface area contributed by atoms with Crippen molar-refractivity contribution < 1.29 is 19.1 Å². The molecule has 6 aliphatic rings. The normalized spacial score (nSPS) is 44.1. The average molecular weight is 609 g/mol. The molecular weight excluding hydrogens is 548 g/mol. The molecule has 5 aliphatic carbocycles.